The molecule has 4 rings (SSSR count). The predicted molar refractivity (Wildman–Crippen MR) is 106 cm³/mol. The topological polar surface area (TPSA) is 60.6 Å². The van der Waals surface area contributed by atoms with Crippen molar-refractivity contribution in [2.24, 2.45) is 0 Å². The van der Waals surface area contributed by atoms with Gasteiger partial charge in [0.1, 0.15) is 0 Å². The fourth-order valence-corrected chi connectivity index (χ4v) is 3.96. The molecule has 8 heteroatoms. The lowest BCUT2D eigenvalue weighted by Crippen LogP contribution is -2.37. The number of ether oxygens (including phenoxy) is 2. The summed E-state index contributed by atoms with van der Waals surface area (Å²) in [4.78, 5) is 4.95. The van der Waals surface area contributed by atoms with Crippen molar-refractivity contribution in [3.8, 4) is 0 Å². The highest BCUT2D eigenvalue weighted by Crippen LogP contribution is 2.11. The molecular weight excluding hydrogens is 356 g/mol. The lowest BCUT2D eigenvalue weighted by atomic mass is 10.2. The van der Waals surface area contributed by atoms with E-state index in [4.69, 9.17) is 9.47 Å². The number of aromatic nitrogens is 4. The summed E-state index contributed by atoms with van der Waals surface area (Å²) >= 11 is 0. The first kappa shape index (κ1) is 19.6. The molecule has 2 aromatic heterocycles. The van der Waals surface area contributed by atoms with Crippen molar-refractivity contribution < 1.29 is 9.47 Å². The molecule has 0 aliphatic carbocycles. The van der Waals surface area contributed by atoms with Crippen LogP contribution in [0, 0.1) is 0 Å². The van der Waals surface area contributed by atoms with Crippen LogP contribution in [0.4, 0.5) is 0 Å². The Labute approximate surface area is 167 Å². The van der Waals surface area contributed by atoms with Crippen LogP contribution in [0.15, 0.2) is 24.5 Å². The molecule has 8 nitrogen and oxygen atoms in total. The van der Waals surface area contributed by atoms with Gasteiger partial charge >= 0.3 is 0 Å². The molecule has 0 unspecified atom stereocenters. The van der Waals surface area contributed by atoms with Gasteiger partial charge in [0.05, 0.1) is 26.4 Å². The fraction of sp³-hybridized carbons (Fsp3) is 0.700. The minimum atomic E-state index is 0.854. The van der Waals surface area contributed by atoms with Crippen LogP contribution in [-0.2, 0) is 22.3 Å². The molecular formula is C20H32N6O2. The maximum absolute atomic E-state index is 5.44. The normalized spacial score (nSPS) is 19.3. The Kier molecular flexibility index (Phi) is 7.10. The van der Waals surface area contributed by atoms with Gasteiger partial charge in [-0.25, -0.2) is 4.68 Å². The van der Waals surface area contributed by atoms with Gasteiger partial charge < -0.3 is 9.47 Å². The molecule has 0 saturated carbocycles. The van der Waals surface area contributed by atoms with Gasteiger partial charge in [-0.05, 0) is 38.1 Å². The molecule has 0 amide bonds. The first-order valence-corrected chi connectivity index (χ1v) is 10.6. The molecule has 0 aromatic carbocycles. The number of nitrogens with zero attached hydrogens (tertiary/aromatic N) is 6. The zero-order valence-corrected chi connectivity index (χ0v) is 16.7. The van der Waals surface area contributed by atoms with E-state index < -0.39 is 0 Å². The van der Waals surface area contributed by atoms with Crippen LogP contribution in [0.2, 0.25) is 0 Å². The maximum Gasteiger partial charge on any atom is 0.153 e. The molecule has 0 radical (unpaired) electrons. The molecule has 0 bridgehead atoms. The van der Waals surface area contributed by atoms with Gasteiger partial charge in [0.15, 0.2) is 11.6 Å². The van der Waals surface area contributed by atoms with Gasteiger partial charge in [0.25, 0.3) is 0 Å². The fourth-order valence-electron chi connectivity index (χ4n) is 3.96. The predicted octanol–water partition coefficient (Wildman–Crippen LogP) is 0.921. The SMILES string of the molecule is c1ccn(-n2c(CCCN3CCOCC3)nnc2CCCN2CCOCC2)c1. The van der Waals surface area contributed by atoms with Gasteiger partial charge in [-0.15, -0.1) is 10.2 Å². The zero-order valence-electron chi connectivity index (χ0n) is 16.7. The summed E-state index contributed by atoms with van der Waals surface area (Å²) in [6.07, 6.45) is 8.19. The van der Waals surface area contributed by atoms with E-state index in [1.165, 1.54) is 0 Å². The summed E-state index contributed by atoms with van der Waals surface area (Å²) in [7, 11) is 0. The number of rotatable bonds is 9. The quantitative estimate of drug-likeness (QED) is 0.637. The van der Waals surface area contributed by atoms with Crippen molar-refractivity contribution in [3.63, 3.8) is 0 Å². The van der Waals surface area contributed by atoms with Gasteiger partial charge in [-0.1, -0.05) is 0 Å². The van der Waals surface area contributed by atoms with E-state index in [-0.39, 0.29) is 0 Å². The van der Waals surface area contributed by atoms with E-state index in [1.54, 1.807) is 0 Å². The van der Waals surface area contributed by atoms with Crippen LogP contribution in [0.5, 0.6) is 0 Å². The van der Waals surface area contributed by atoms with E-state index in [0.29, 0.717) is 0 Å². The lowest BCUT2D eigenvalue weighted by Gasteiger charge is -2.26. The number of hydrogen-bond donors (Lipinski definition) is 0. The molecule has 2 fully saturated rings. The van der Waals surface area contributed by atoms with Crippen molar-refractivity contribution in [1.29, 1.82) is 0 Å². The molecule has 2 aliphatic heterocycles. The largest absolute Gasteiger partial charge is 0.379 e. The molecule has 154 valence electrons. The molecule has 0 atom stereocenters. The van der Waals surface area contributed by atoms with Crippen molar-refractivity contribution in [1.82, 2.24) is 29.3 Å². The first-order valence-electron chi connectivity index (χ1n) is 10.6. The second-order valence-electron chi connectivity index (χ2n) is 7.52. The summed E-state index contributed by atoms with van der Waals surface area (Å²) in [5.41, 5.74) is 0. The van der Waals surface area contributed by atoms with Crippen molar-refractivity contribution >= 4 is 0 Å². The van der Waals surface area contributed by atoms with Gasteiger partial charge in [0, 0.05) is 51.4 Å². The first-order chi connectivity index (χ1) is 13.9. The average molecular weight is 389 g/mol. The van der Waals surface area contributed by atoms with Gasteiger partial charge in [0.2, 0.25) is 0 Å². The average Bonchev–Trinajstić information content (AvgIpc) is 3.40. The third kappa shape index (κ3) is 5.20. The minimum Gasteiger partial charge on any atom is -0.379 e. The monoisotopic (exact) mass is 388 g/mol. The van der Waals surface area contributed by atoms with Crippen molar-refractivity contribution in [2.75, 3.05) is 65.7 Å². The zero-order chi connectivity index (χ0) is 19.0. The van der Waals surface area contributed by atoms with Crippen LogP contribution < -0.4 is 0 Å². The molecule has 0 spiro atoms. The lowest BCUT2D eigenvalue weighted by molar-refractivity contribution is 0.0373. The standard InChI is InChI=1S/C20H32N6O2/c1-2-10-25(9-1)26-19(5-3-7-23-11-15-27-16-12-23)21-22-20(26)6-4-8-24-13-17-28-18-14-24/h1-2,9-10H,3-8,11-18H2. The molecule has 2 saturated heterocycles. The van der Waals surface area contributed by atoms with Crippen LogP contribution in [-0.4, -0.2) is 95.0 Å². The van der Waals surface area contributed by atoms with Crippen LogP contribution in [0.3, 0.4) is 0 Å². The summed E-state index contributed by atoms with van der Waals surface area (Å²) in [6, 6.07) is 4.10. The van der Waals surface area contributed by atoms with E-state index in [0.717, 1.165) is 103 Å². The van der Waals surface area contributed by atoms with Crippen molar-refractivity contribution in [3.05, 3.63) is 36.2 Å². The second-order valence-corrected chi connectivity index (χ2v) is 7.52. The van der Waals surface area contributed by atoms with E-state index in [2.05, 4.69) is 53.9 Å². The van der Waals surface area contributed by atoms with Crippen LogP contribution in [0.25, 0.3) is 0 Å². The number of hydrogen-bond acceptors (Lipinski definition) is 6. The molecule has 0 N–H and O–H groups in total. The minimum absolute atomic E-state index is 0.854. The van der Waals surface area contributed by atoms with Crippen molar-refractivity contribution in [2.45, 2.75) is 25.7 Å². The highest BCUT2D eigenvalue weighted by Gasteiger charge is 2.16. The smallest absolute Gasteiger partial charge is 0.153 e. The third-order valence-corrected chi connectivity index (χ3v) is 5.55. The molecule has 2 aromatic rings. The summed E-state index contributed by atoms with van der Waals surface area (Å²) in [5.74, 6) is 2.09. The van der Waals surface area contributed by atoms with Gasteiger partial charge in [-0.2, -0.15) is 0 Å². The molecule has 4 heterocycles. The summed E-state index contributed by atoms with van der Waals surface area (Å²) in [5, 5.41) is 9.07. The Morgan fingerprint density at radius 2 is 1.18 bits per heavy atom. The number of morpholine rings is 2. The Hall–Kier alpha value is -1.74. The van der Waals surface area contributed by atoms with Crippen LogP contribution in [0.1, 0.15) is 24.5 Å². The van der Waals surface area contributed by atoms with Gasteiger partial charge in [-0.3, -0.25) is 14.5 Å². The summed E-state index contributed by atoms with van der Waals surface area (Å²) < 4.78 is 15.2. The van der Waals surface area contributed by atoms with E-state index in [1.807, 2.05) is 0 Å². The highest BCUT2D eigenvalue weighted by atomic mass is 16.5. The number of aryl methyl sites for hydroxylation is 2. The highest BCUT2D eigenvalue weighted by molar-refractivity contribution is 5.02. The van der Waals surface area contributed by atoms with Crippen LogP contribution >= 0.6 is 0 Å². The Balaban J connectivity index is 1.34. The Morgan fingerprint density at radius 3 is 1.64 bits per heavy atom. The Morgan fingerprint density at radius 1 is 0.714 bits per heavy atom. The third-order valence-electron chi connectivity index (χ3n) is 5.55. The Bertz CT molecular complexity index is 648. The molecule has 28 heavy (non-hydrogen) atoms. The van der Waals surface area contributed by atoms with E-state index in [9.17, 15) is 0 Å². The summed E-state index contributed by atoms with van der Waals surface area (Å²) in [6.45, 7) is 9.75. The maximum atomic E-state index is 5.44. The second kappa shape index (κ2) is 10.2. The van der Waals surface area contributed by atoms with E-state index >= 15 is 0 Å². The molecule has 2 aliphatic rings.